The summed E-state index contributed by atoms with van der Waals surface area (Å²) in [4.78, 5) is 34.4. The maximum Gasteiger partial charge on any atom is 0.238 e. The molecule has 51 heavy (non-hydrogen) atoms. The standard InChI is InChI=1S/C44H41N3O4/c1-27(2)35-25-36-42(44(50)47(43(36)49)32-19-17-31(18-20-32)46-30-10-4-3-5-11-30)37-26-51-40(41(35)37)22-16-29(38-14-8-9-23-45-38)24-28-15-21-39(48)34-13-7-6-12-33(28)34/h3-15,17-21,23-24,27,36-37,40,42,46,48H,16,22,25-26H2,1-2H3/b29-24-/t36-,37+,40-,42-/m1/s1. The molecule has 3 aliphatic rings. The van der Waals surface area contributed by atoms with Gasteiger partial charge in [-0.1, -0.05) is 74.0 Å². The van der Waals surface area contributed by atoms with Crippen molar-refractivity contribution in [2.75, 3.05) is 16.8 Å². The Balaban J connectivity index is 1.06. The summed E-state index contributed by atoms with van der Waals surface area (Å²) < 4.78 is 6.58. The summed E-state index contributed by atoms with van der Waals surface area (Å²) in [5.74, 6) is -0.715. The zero-order valence-corrected chi connectivity index (χ0v) is 28.8. The molecule has 4 atom stereocenters. The van der Waals surface area contributed by atoms with Crippen molar-refractivity contribution in [3.8, 4) is 5.75 Å². The number of para-hydroxylation sites is 1. The molecular formula is C44H41N3O4. The van der Waals surface area contributed by atoms with E-state index in [1.807, 2.05) is 109 Å². The van der Waals surface area contributed by atoms with Gasteiger partial charge in [-0.25, -0.2) is 0 Å². The second-order valence-corrected chi connectivity index (χ2v) is 14.1. The van der Waals surface area contributed by atoms with Gasteiger partial charge in [0, 0.05) is 28.9 Å². The fourth-order valence-corrected chi connectivity index (χ4v) is 8.33. The number of carbonyl (C=O) groups is 2. The second-order valence-electron chi connectivity index (χ2n) is 14.1. The molecule has 3 heterocycles. The molecule has 2 aliphatic heterocycles. The van der Waals surface area contributed by atoms with Gasteiger partial charge in [-0.2, -0.15) is 0 Å². The summed E-state index contributed by atoms with van der Waals surface area (Å²) in [5.41, 5.74) is 7.90. The van der Waals surface area contributed by atoms with E-state index in [-0.39, 0.29) is 41.4 Å². The Labute approximate surface area is 298 Å². The van der Waals surface area contributed by atoms with Crippen LogP contribution in [-0.4, -0.2) is 34.6 Å². The Kier molecular flexibility index (Phi) is 8.74. The van der Waals surface area contributed by atoms with Gasteiger partial charge in [0.1, 0.15) is 5.75 Å². The van der Waals surface area contributed by atoms with Crippen LogP contribution in [0.2, 0.25) is 0 Å². The SMILES string of the molecule is CC(C)C1=C2[C@@H](CC/C(=C/c3ccc(O)c4ccccc34)c3ccccn3)OC[C@@H]2[C@@H]2C(=O)N(c3ccc(Nc4ccccc4)cc3)C(=O)[C@@H]2C1. The van der Waals surface area contributed by atoms with Gasteiger partial charge < -0.3 is 15.2 Å². The topological polar surface area (TPSA) is 91.8 Å². The average molecular weight is 676 g/mol. The van der Waals surface area contributed by atoms with E-state index in [0.29, 0.717) is 25.1 Å². The molecule has 1 aliphatic carbocycles. The van der Waals surface area contributed by atoms with Crippen LogP contribution in [0.5, 0.6) is 5.75 Å². The third kappa shape index (κ3) is 6.12. The Hall–Kier alpha value is -5.53. The fraction of sp³-hybridized carbons (Fsp3) is 0.250. The van der Waals surface area contributed by atoms with E-state index in [2.05, 4.69) is 25.2 Å². The highest BCUT2D eigenvalue weighted by Crippen LogP contribution is 2.52. The van der Waals surface area contributed by atoms with Gasteiger partial charge in [0.2, 0.25) is 11.8 Å². The molecule has 0 radical (unpaired) electrons. The van der Waals surface area contributed by atoms with E-state index >= 15 is 0 Å². The highest BCUT2D eigenvalue weighted by molar-refractivity contribution is 6.22. The number of rotatable bonds is 9. The van der Waals surface area contributed by atoms with E-state index in [0.717, 1.165) is 45.4 Å². The lowest BCUT2D eigenvalue weighted by Crippen LogP contribution is -2.35. The predicted molar refractivity (Wildman–Crippen MR) is 202 cm³/mol. The molecule has 2 N–H and O–H groups in total. The third-order valence-corrected chi connectivity index (χ3v) is 10.8. The first-order valence-corrected chi connectivity index (χ1v) is 17.8. The second kappa shape index (κ2) is 13.6. The number of aromatic hydroxyl groups is 1. The molecule has 7 nitrogen and oxygen atoms in total. The summed E-state index contributed by atoms with van der Waals surface area (Å²) >= 11 is 0. The zero-order chi connectivity index (χ0) is 35.1. The Morgan fingerprint density at radius 1 is 0.863 bits per heavy atom. The molecule has 8 rings (SSSR count). The number of benzene rings is 4. The molecular weight excluding hydrogens is 635 g/mol. The summed E-state index contributed by atoms with van der Waals surface area (Å²) in [6.45, 7) is 4.79. The van der Waals surface area contributed by atoms with Crippen molar-refractivity contribution in [3.05, 3.63) is 138 Å². The first-order chi connectivity index (χ1) is 24.9. The number of phenolic OH excluding ortho intramolecular Hbond substituents is 1. The molecule has 2 fully saturated rings. The first-order valence-electron chi connectivity index (χ1n) is 17.8. The number of nitrogens with one attached hydrogen (secondary N) is 1. The van der Waals surface area contributed by atoms with Gasteiger partial charge in [0.15, 0.2) is 0 Å². The highest BCUT2D eigenvalue weighted by atomic mass is 16.5. The van der Waals surface area contributed by atoms with E-state index < -0.39 is 5.92 Å². The lowest BCUT2D eigenvalue weighted by atomic mass is 9.67. The number of hydrogen-bond acceptors (Lipinski definition) is 6. The fourth-order valence-electron chi connectivity index (χ4n) is 8.33. The van der Waals surface area contributed by atoms with Gasteiger partial charge in [-0.15, -0.1) is 0 Å². The number of allylic oxidation sites excluding steroid dienone is 2. The normalized spacial score (nSPS) is 21.8. The quantitative estimate of drug-likeness (QED) is 0.120. The number of aromatic nitrogens is 1. The Bertz CT molecular complexity index is 2160. The van der Waals surface area contributed by atoms with Crippen molar-refractivity contribution in [3.63, 3.8) is 0 Å². The van der Waals surface area contributed by atoms with Gasteiger partial charge in [-0.05, 0) is 108 Å². The van der Waals surface area contributed by atoms with E-state index in [1.165, 1.54) is 16.0 Å². The molecule has 2 amide bonds. The predicted octanol–water partition coefficient (Wildman–Crippen LogP) is 9.18. The van der Waals surface area contributed by atoms with Crippen molar-refractivity contribution >= 4 is 51.3 Å². The molecule has 2 saturated heterocycles. The monoisotopic (exact) mass is 675 g/mol. The van der Waals surface area contributed by atoms with Crippen molar-refractivity contribution < 1.29 is 19.4 Å². The van der Waals surface area contributed by atoms with Gasteiger partial charge in [0.25, 0.3) is 0 Å². The minimum Gasteiger partial charge on any atom is -0.507 e. The number of nitrogens with zero attached hydrogens (tertiary/aromatic N) is 2. The molecule has 0 bridgehead atoms. The van der Waals surface area contributed by atoms with Crippen LogP contribution in [0.4, 0.5) is 17.1 Å². The number of carbonyl (C=O) groups excluding carboxylic acids is 2. The van der Waals surface area contributed by atoms with Crippen LogP contribution < -0.4 is 10.2 Å². The number of imide groups is 1. The van der Waals surface area contributed by atoms with Crippen LogP contribution in [0.25, 0.3) is 22.4 Å². The maximum atomic E-state index is 14.2. The molecule has 0 unspecified atom stereocenters. The maximum absolute atomic E-state index is 14.2. The van der Waals surface area contributed by atoms with Gasteiger partial charge >= 0.3 is 0 Å². The van der Waals surface area contributed by atoms with Crippen LogP contribution in [-0.2, 0) is 14.3 Å². The van der Waals surface area contributed by atoms with Gasteiger partial charge in [-0.3, -0.25) is 19.5 Å². The highest BCUT2D eigenvalue weighted by Gasteiger charge is 2.57. The minimum atomic E-state index is -0.434. The van der Waals surface area contributed by atoms with Crippen LogP contribution >= 0.6 is 0 Å². The first kappa shape index (κ1) is 32.7. The van der Waals surface area contributed by atoms with E-state index in [4.69, 9.17) is 9.72 Å². The Morgan fingerprint density at radius 3 is 2.33 bits per heavy atom. The van der Waals surface area contributed by atoms with E-state index in [9.17, 15) is 14.7 Å². The lowest BCUT2D eigenvalue weighted by Gasteiger charge is -2.33. The summed E-state index contributed by atoms with van der Waals surface area (Å²) in [5, 5.41) is 15.7. The molecule has 1 aromatic heterocycles. The number of amides is 2. The zero-order valence-electron chi connectivity index (χ0n) is 28.8. The van der Waals surface area contributed by atoms with Crippen molar-refractivity contribution in [1.29, 1.82) is 0 Å². The number of hydrogen-bond donors (Lipinski definition) is 2. The Morgan fingerprint density at radius 2 is 1.59 bits per heavy atom. The van der Waals surface area contributed by atoms with Crippen molar-refractivity contribution in [2.45, 2.75) is 39.2 Å². The summed E-state index contributed by atoms with van der Waals surface area (Å²) in [6.07, 6.45) is 5.82. The molecule has 4 aromatic carbocycles. The molecule has 0 spiro atoms. The summed E-state index contributed by atoms with van der Waals surface area (Å²) in [6, 6.07) is 34.9. The summed E-state index contributed by atoms with van der Waals surface area (Å²) in [7, 11) is 0. The minimum absolute atomic E-state index is 0.115. The molecule has 256 valence electrons. The molecule has 5 aromatic rings. The van der Waals surface area contributed by atoms with Crippen molar-refractivity contribution in [2.24, 2.45) is 23.7 Å². The number of pyridine rings is 1. The van der Waals surface area contributed by atoms with Gasteiger partial charge in [0.05, 0.1) is 35.9 Å². The number of anilines is 3. The molecule has 0 saturated carbocycles. The molecule has 7 heteroatoms. The number of phenols is 1. The average Bonchev–Trinajstić information content (AvgIpc) is 3.69. The van der Waals surface area contributed by atoms with E-state index in [1.54, 1.807) is 6.07 Å². The number of ether oxygens (including phenoxy) is 1. The largest absolute Gasteiger partial charge is 0.507 e. The lowest BCUT2D eigenvalue weighted by molar-refractivity contribution is -0.122. The van der Waals surface area contributed by atoms with Crippen molar-refractivity contribution in [1.82, 2.24) is 4.98 Å². The van der Waals surface area contributed by atoms with Crippen LogP contribution in [0.15, 0.2) is 127 Å². The smallest absolute Gasteiger partial charge is 0.238 e. The third-order valence-electron chi connectivity index (χ3n) is 10.8. The van der Waals surface area contributed by atoms with Crippen LogP contribution in [0, 0.1) is 23.7 Å². The van der Waals surface area contributed by atoms with Crippen LogP contribution in [0.1, 0.15) is 44.4 Å². The number of fused-ring (bicyclic) bond motifs is 4. The van der Waals surface area contributed by atoms with Crippen LogP contribution in [0.3, 0.4) is 0 Å².